The molecule has 1 heterocycles. The fraction of sp³-hybridized carbons (Fsp3) is 0.125. The lowest BCUT2D eigenvalue weighted by atomic mass is 10.1. The molecule has 2 nitrogen and oxygen atoms in total. The second-order valence-corrected chi connectivity index (χ2v) is 5.62. The molecule has 0 radical (unpaired) electrons. The first-order chi connectivity index (χ1) is 9.67. The number of benzene rings is 2. The van der Waals surface area contributed by atoms with Gasteiger partial charge in [-0.15, -0.1) is 0 Å². The highest BCUT2D eigenvalue weighted by Gasteiger charge is 2.06. The van der Waals surface area contributed by atoms with E-state index in [0.29, 0.717) is 23.1 Å². The molecule has 0 bridgehead atoms. The van der Waals surface area contributed by atoms with Gasteiger partial charge in [0.05, 0.1) is 0 Å². The van der Waals surface area contributed by atoms with Crippen LogP contribution in [0.4, 0.5) is 0 Å². The van der Waals surface area contributed by atoms with Crippen molar-refractivity contribution in [1.82, 2.24) is 4.57 Å². The second kappa shape index (κ2) is 5.49. The Balaban J connectivity index is 2.01. The Labute approximate surface area is 127 Å². The standard InChI is InChI=1S/C16H14Cl2N2/c17-14-4-3-13(15(18)8-14)10-20-6-5-12-2-1-11(9-19)7-16(12)20/h1-8H,9-10,19H2. The van der Waals surface area contributed by atoms with Crippen LogP contribution >= 0.6 is 23.2 Å². The van der Waals surface area contributed by atoms with Gasteiger partial charge in [-0.1, -0.05) is 41.4 Å². The number of nitrogens with zero attached hydrogens (tertiary/aromatic N) is 1. The number of halogens is 2. The lowest BCUT2D eigenvalue weighted by Crippen LogP contribution is -2.00. The van der Waals surface area contributed by atoms with Crippen molar-refractivity contribution in [3.8, 4) is 0 Å². The predicted octanol–water partition coefficient (Wildman–Crippen LogP) is 4.46. The predicted molar refractivity (Wildman–Crippen MR) is 85.4 cm³/mol. The van der Waals surface area contributed by atoms with Crippen LogP contribution in [0.1, 0.15) is 11.1 Å². The van der Waals surface area contributed by atoms with Gasteiger partial charge in [0.1, 0.15) is 0 Å². The molecule has 0 unspecified atom stereocenters. The van der Waals surface area contributed by atoms with Crippen molar-refractivity contribution in [3.05, 3.63) is 69.8 Å². The Kier molecular flexibility index (Phi) is 3.70. The van der Waals surface area contributed by atoms with Crippen LogP contribution in [-0.4, -0.2) is 4.57 Å². The average molecular weight is 305 g/mol. The van der Waals surface area contributed by atoms with Crippen LogP contribution in [0, 0.1) is 0 Å². The van der Waals surface area contributed by atoms with Crippen molar-refractivity contribution in [2.45, 2.75) is 13.1 Å². The van der Waals surface area contributed by atoms with Crippen molar-refractivity contribution in [2.75, 3.05) is 0 Å². The normalized spacial score (nSPS) is 11.2. The van der Waals surface area contributed by atoms with Crippen molar-refractivity contribution >= 4 is 34.1 Å². The molecule has 0 saturated carbocycles. The topological polar surface area (TPSA) is 30.9 Å². The molecule has 2 aromatic carbocycles. The van der Waals surface area contributed by atoms with Crippen molar-refractivity contribution < 1.29 is 0 Å². The quantitative estimate of drug-likeness (QED) is 0.761. The van der Waals surface area contributed by atoms with Crippen molar-refractivity contribution in [3.63, 3.8) is 0 Å². The van der Waals surface area contributed by atoms with Crippen molar-refractivity contribution in [2.24, 2.45) is 5.73 Å². The highest BCUT2D eigenvalue weighted by atomic mass is 35.5. The van der Waals surface area contributed by atoms with E-state index in [-0.39, 0.29) is 0 Å². The van der Waals surface area contributed by atoms with E-state index in [2.05, 4.69) is 35.0 Å². The summed E-state index contributed by atoms with van der Waals surface area (Å²) in [5, 5.41) is 2.54. The maximum atomic E-state index is 6.24. The zero-order valence-electron chi connectivity index (χ0n) is 10.8. The number of fused-ring (bicyclic) bond motifs is 1. The molecule has 0 saturated heterocycles. The van der Waals surface area contributed by atoms with Gasteiger partial charge in [-0.3, -0.25) is 0 Å². The second-order valence-electron chi connectivity index (χ2n) is 4.78. The van der Waals surface area contributed by atoms with Gasteiger partial charge >= 0.3 is 0 Å². The minimum atomic E-state index is 0.544. The van der Waals surface area contributed by atoms with Gasteiger partial charge in [-0.05, 0) is 40.8 Å². The first-order valence-corrected chi connectivity index (χ1v) is 7.15. The SMILES string of the molecule is NCc1ccc2ccn(Cc3ccc(Cl)cc3Cl)c2c1. The lowest BCUT2D eigenvalue weighted by Gasteiger charge is -2.09. The van der Waals surface area contributed by atoms with Gasteiger partial charge in [0, 0.05) is 34.8 Å². The fourth-order valence-corrected chi connectivity index (χ4v) is 2.80. The molecule has 0 atom stereocenters. The van der Waals surface area contributed by atoms with Crippen LogP contribution in [0.25, 0.3) is 10.9 Å². The Morgan fingerprint density at radius 1 is 1.00 bits per heavy atom. The summed E-state index contributed by atoms with van der Waals surface area (Å²) in [6.07, 6.45) is 2.07. The summed E-state index contributed by atoms with van der Waals surface area (Å²) in [6, 6.07) is 14.0. The van der Waals surface area contributed by atoms with Crippen LogP contribution in [-0.2, 0) is 13.1 Å². The Morgan fingerprint density at radius 2 is 1.85 bits per heavy atom. The summed E-state index contributed by atoms with van der Waals surface area (Å²) in [6.45, 7) is 1.26. The van der Waals surface area contributed by atoms with E-state index in [0.717, 1.165) is 11.1 Å². The van der Waals surface area contributed by atoms with Crippen LogP contribution in [0.2, 0.25) is 10.0 Å². The first kappa shape index (κ1) is 13.5. The molecule has 4 heteroatoms. The number of hydrogen-bond acceptors (Lipinski definition) is 1. The van der Waals surface area contributed by atoms with Gasteiger partial charge in [0.15, 0.2) is 0 Å². The molecular weight excluding hydrogens is 291 g/mol. The molecule has 20 heavy (non-hydrogen) atoms. The summed E-state index contributed by atoms with van der Waals surface area (Å²) in [4.78, 5) is 0. The number of nitrogens with two attached hydrogens (primary N) is 1. The molecule has 2 N–H and O–H groups in total. The van der Waals surface area contributed by atoms with E-state index in [4.69, 9.17) is 28.9 Å². The average Bonchev–Trinajstić information content (AvgIpc) is 2.84. The fourth-order valence-electron chi connectivity index (χ4n) is 2.33. The maximum absolute atomic E-state index is 6.24. The largest absolute Gasteiger partial charge is 0.343 e. The zero-order valence-corrected chi connectivity index (χ0v) is 12.3. The van der Waals surface area contributed by atoms with Gasteiger partial charge in [-0.2, -0.15) is 0 Å². The number of rotatable bonds is 3. The van der Waals surface area contributed by atoms with E-state index in [1.807, 2.05) is 12.1 Å². The van der Waals surface area contributed by atoms with Crippen LogP contribution in [0.15, 0.2) is 48.7 Å². The zero-order chi connectivity index (χ0) is 14.1. The molecule has 0 spiro atoms. The van der Waals surface area contributed by atoms with E-state index in [1.54, 1.807) is 6.07 Å². The van der Waals surface area contributed by atoms with Gasteiger partial charge in [0.25, 0.3) is 0 Å². The van der Waals surface area contributed by atoms with Crippen molar-refractivity contribution in [1.29, 1.82) is 0 Å². The number of aromatic nitrogens is 1. The highest BCUT2D eigenvalue weighted by Crippen LogP contribution is 2.24. The molecule has 0 aliphatic heterocycles. The maximum Gasteiger partial charge on any atom is 0.0490 e. The third-order valence-corrected chi connectivity index (χ3v) is 4.02. The van der Waals surface area contributed by atoms with E-state index in [1.165, 1.54) is 10.9 Å². The van der Waals surface area contributed by atoms with Gasteiger partial charge < -0.3 is 10.3 Å². The Morgan fingerprint density at radius 3 is 2.60 bits per heavy atom. The minimum absolute atomic E-state index is 0.544. The molecule has 0 aliphatic carbocycles. The van der Waals surface area contributed by atoms with Crippen LogP contribution in [0.3, 0.4) is 0 Å². The summed E-state index contributed by atoms with van der Waals surface area (Å²) >= 11 is 12.2. The van der Waals surface area contributed by atoms with E-state index >= 15 is 0 Å². The number of hydrogen-bond donors (Lipinski definition) is 1. The third-order valence-electron chi connectivity index (χ3n) is 3.43. The monoisotopic (exact) mass is 304 g/mol. The summed E-state index contributed by atoms with van der Waals surface area (Å²) in [5.74, 6) is 0. The van der Waals surface area contributed by atoms with Gasteiger partial charge in [-0.25, -0.2) is 0 Å². The molecule has 0 fully saturated rings. The summed E-state index contributed by atoms with van der Waals surface area (Å²) in [7, 11) is 0. The Hall–Kier alpha value is -1.48. The van der Waals surface area contributed by atoms with Crippen LogP contribution in [0.5, 0.6) is 0 Å². The Bertz CT molecular complexity index is 762. The molecule has 1 aromatic heterocycles. The molecule has 102 valence electrons. The molecule has 0 amide bonds. The molecular formula is C16H14Cl2N2. The molecule has 3 aromatic rings. The minimum Gasteiger partial charge on any atom is -0.343 e. The van der Waals surface area contributed by atoms with E-state index in [9.17, 15) is 0 Å². The van der Waals surface area contributed by atoms with Gasteiger partial charge in [0.2, 0.25) is 0 Å². The van der Waals surface area contributed by atoms with E-state index < -0.39 is 0 Å². The first-order valence-electron chi connectivity index (χ1n) is 6.39. The highest BCUT2D eigenvalue weighted by molar-refractivity contribution is 6.35. The smallest absolute Gasteiger partial charge is 0.0490 e. The van der Waals surface area contributed by atoms with Crippen LogP contribution < -0.4 is 5.73 Å². The molecule has 0 aliphatic rings. The lowest BCUT2D eigenvalue weighted by molar-refractivity contribution is 0.836. The summed E-state index contributed by atoms with van der Waals surface area (Å²) in [5.41, 5.74) is 9.05. The molecule has 3 rings (SSSR count). The third kappa shape index (κ3) is 2.55. The summed E-state index contributed by atoms with van der Waals surface area (Å²) < 4.78 is 2.17.